The van der Waals surface area contributed by atoms with Crippen LogP contribution in [0.5, 0.6) is 0 Å². The zero-order valence-electron chi connectivity index (χ0n) is 20.2. The van der Waals surface area contributed by atoms with Gasteiger partial charge in [0.1, 0.15) is 0 Å². The van der Waals surface area contributed by atoms with Gasteiger partial charge in [-0.25, -0.2) is 0 Å². The van der Waals surface area contributed by atoms with Gasteiger partial charge in [-0.2, -0.15) is 0 Å². The number of aromatic nitrogens is 2. The number of thiocarbonyl (C=S) groups is 1. The SMILES string of the molecule is CCc1ccc(-n2c(C)cc([C@H]3[C@@H](c4ccccn4)NC(=S)N3CCCC(=O)OC)c2C)cc1. The van der Waals surface area contributed by atoms with Crippen molar-refractivity contribution in [1.82, 2.24) is 19.8 Å². The van der Waals surface area contributed by atoms with Crippen molar-refractivity contribution in [2.24, 2.45) is 0 Å². The van der Waals surface area contributed by atoms with Gasteiger partial charge < -0.3 is 19.5 Å². The molecule has 1 N–H and O–H groups in total. The van der Waals surface area contributed by atoms with E-state index in [0.717, 1.165) is 17.8 Å². The lowest BCUT2D eigenvalue weighted by atomic mass is 9.96. The van der Waals surface area contributed by atoms with Crippen molar-refractivity contribution < 1.29 is 9.53 Å². The monoisotopic (exact) mass is 476 g/mol. The molecule has 7 heteroatoms. The number of carbonyl (C=O) groups excluding carboxylic acids is 1. The molecular weight excluding hydrogens is 444 g/mol. The van der Waals surface area contributed by atoms with Crippen molar-refractivity contribution in [2.75, 3.05) is 13.7 Å². The molecule has 1 aromatic carbocycles. The molecule has 0 unspecified atom stereocenters. The average Bonchev–Trinajstić information content (AvgIpc) is 3.34. The van der Waals surface area contributed by atoms with Crippen LogP contribution in [0.1, 0.15) is 60.1 Å². The predicted molar refractivity (Wildman–Crippen MR) is 138 cm³/mol. The summed E-state index contributed by atoms with van der Waals surface area (Å²) in [6.45, 7) is 7.13. The number of benzene rings is 1. The summed E-state index contributed by atoms with van der Waals surface area (Å²) in [5.74, 6) is -0.204. The van der Waals surface area contributed by atoms with Crippen LogP contribution in [-0.4, -0.2) is 39.2 Å². The second kappa shape index (κ2) is 10.4. The Morgan fingerprint density at radius 1 is 1.18 bits per heavy atom. The van der Waals surface area contributed by atoms with E-state index in [1.165, 1.54) is 29.6 Å². The van der Waals surface area contributed by atoms with Crippen LogP contribution < -0.4 is 5.32 Å². The Balaban J connectivity index is 1.73. The molecule has 1 fully saturated rings. The van der Waals surface area contributed by atoms with Crippen LogP contribution >= 0.6 is 12.2 Å². The third-order valence-corrected chi connectivity index (χ3v) is 6.95. The highest BCUT2D eigenvalue weighted by molar-refractivity contribution is 7.80. The van der Waals surface area contributed by atoms with Crippen LogP contribution in [0.25, 0.3) is 5.69 Å². The lowest BCUT2D eigenvalue weighted by Gasteiger charge is -2.28. The number of pyridine rings is 1. The Morgan fingerprint density at radius 2 is 1.94 bits per heavy atom. The number of hydrogen-bond donors (Lipinski definition) is 1. The summed E-state index contributed by atoms with van der Waals surface area (Å²) in [5.41, 5.74) is 6.98. The Labute approximate surface area is 207 Å². The molecule has 3 aromatic rings. The number of nitrogens with one attached hydrogen (secondary N) is 1. The molecule has 34 heavy (non-hydrogen) atoms. The molecule has 0 radical (unpaired) electrons. The van der Waals surface area contributed by atoms with Crippen LogP contribution in [0.15, 0.2) is 54.7 Å². The molecule has 1 aliphatic rings. The van der Waals surface area contributed by atoms with E-state index in [0.29, 0.717) is 24.5 Å². The average molecular weight is 477 g/mol. The fourth-order valence-electron chi connectivity index (χ4n) is 4.85. The molecule has 0 saturated carbocycles. The van der Waals surface area contributed by atoms with Gasteiger partial charge in [0, 0.05) is 36.2 Å². The molecule has 3 heterocycles. The third kappa shape index (κ3) is 4.71. The smallest absolute Gasteiger partial charge is 0.305 e. The second-order valence-electron chi connectivity index (χ2n) is 8.68. The fraction of sp³-hybridized carbons (Fsp3) is 0.370. The van der Waals surface area contributed by atoms with Crippen LogP contribution in [0.4, 0.5) is 0 Å². The van der Waals surface area contributed by atoms with E-state index >= 15 is 0 Å². The summed E-state index contributed by atoms with van der Waals surface area (Å²) in [7, 11) is 1.42. The molecule has 6 nitrogen and oxygen atoms in total. The minimum atomic E-state index is -0.204. The van der Waals surface area contributed by atoms with E-state index in [1.807, 2.05) is 24.4 Å². The van der Waals surface area contributed by atoms with Gasteiger partial charge in [-0.15, -0.1) is 0 Å². The van der Waals surface area contributed by atoms with Crippen LogP contribution in [0, 0.1) is 13.8 Å². The highest BCUT2D eigenvalue weighted by Gasteiger charge is 2.41. The number of esters is 1. The van der Waals surface area contributed by atoms with E-state index in [4.69, 9.17) is 17.0 Å². The first-order valence-electron chi connectivity index (χ1n) is 11.8. The molecule has 0 aliphatic carbocycles. The van der Waals surface area contributed by atoms with Crippen molar-refractivity contribution in [1.29, 1.82) is 0 Å². The maximum absolute atomic E-state index is 11.7. The van der Waals surface area contributed by atoms with Crippen LogP contribution in [-0.2, 0) is 16.0 Å². The quantitative estimate of drug-likeness (QED) is 0.366. The molecule has 1 saturated heterocycles. The second-order valence-corrected chi connectivity index (χ2v) is 9.07. The minimum absolute atomic E-state index is 0.0325. The molecule has 0 spiro atoms. The summed E-state index contributed by atoms with van der Waals surface area (Å²) in [6, 6.07) is 16.9. The molecule has 0 bridgehead atoms. The molecule has 0 amide bonds. The number of rotatable bonds is 8. The van der Waals surface area contributed by atoms with Crippen molar-refractivity contribution in [3.63, 3.8) is 0 Å². The topological polar surface area (TPSA) is 59.4 Å². The minimum Gasteiger partial charge on any atom is -0.469 e. The summed E-state index contributed by atoms with van der Waals surface area (Å²) in [6.07, 6.45) is 3.86. The van der Waals surface area contributed by atoms with Gasteiger partial charge >= 0.3 is 5.97 Å². The van der Waals surface area contributed by atoms with Crippen molar-refractivity contribution >= 4 is 23.3 Å². The summed E-state index contributed by atoms with van der Waals surface area (Å²) in [4.78, 5) is 18.5. The highest BCUT2D eigenvalue weighted by Crippen LogP contribution is 2.41. The van der Waals surface area contributed by atoms with Crippen LogP contribution in [0.3, 0.4) is 0 Å². The van der Waals surface area contributed by atoms with E-state index in [9.17, 15) is 4.79 Å². The van der Waals surface area contributed by atoms with Crippen molar-refractivity contribution in [3.05, 3.63) is 82.9 Å². The third-order valence-electron chi connectivity index (χ3n) is 6.60. The largest absolute Gasteiger partial charge is 0.469 e. The molecule has 1 aliphatic heterocycles. The van der Waals surface area contributed by atoms with Crippen molar-refractivity contribution in [2.45, 2.75) is 52.1 Å². The molecule has 2 aromatic heterocycles. The first-order chi connectivity index (χ1) is 16.4. The van der Waals surface area contributed by atoms with Gasteiger partial charge in [0.2, 0.25) is 0 Å². The molecule has 2 atom stereocenters. The Kier molecular flexibility index (Phi) is 7.32. The van der Waals surface area contributed by atoms with Crippen molar-refractivity contribution in [3.8, 4) is 5.69 Å². The van der Waals surface area contributed by atoms with Gasteiger partial charge in [0.05, 0.1) is 24.9 Å². The van der Waals surface area contributed by atoms with Gasteiger partial charge in [-0.1, -0.05) is 25.1 Å². The van der Waals surface area contributed by atoms with Gasteiger partial charge in [-0.3, -0.25) is 9.78 Å². The Bertz CT molecular complexity index is 1160. The first-order valence-corrected chi connectivity index (χ1v) is 12.2. The number of nitrogens with zero attached hydrogens (tertiary/aromatic N) is 3. The van der Waals surface area contributed by atoms with E-state index < -0.39 is 0 Å². The Morgan fingerprint density at radius 3 is 2.59 bits per heavy atom. The zero-order chi connectivity index (χ0) is 24.2. The lowest BCUT2D eigenvalue weighted by Crippen LogP contribution is -2.31. The number of carbonyl (C=O) groups is 1. The highest BCUT2D eigenvalue weighted by atomic mass is 32.1. The van der Waals surface area contributed by atoms with Gasteiger partial charge in [-0.05, 0) is 80.4 Å². The number of ether oxygens (including phenoxy) is 1. The summed E-state index contributed by atoms with van der Waals surface area (Å²) < 4.78 is 7.13. The zero-order valence-corrected chi connectivity index (χ0v) is 21.1. The maximum atomic E-state index is 11.7. The molecule has 4 rings (SSSR count). The molecule has 178 valence electrons. The first kappa shape index (κ1) is 24.0. The van der Waals surface area contributed by atoms with E-state index in [1.54, 1.807) is 0 Å². The summed E-state index contributed by atoms with van der Waals surface area (Å²) in [5, 5.41) is 4.18. The summed E-state index contributed by atoms with van der Waals surface area (Å²) >= 11 is 5.77. The molecular formula is C27H32N4O2S. The van der Waals surface area contributed by atoms with Crippen LogP contribution in [0.2, 0.25) is 0 Å². The number of aryl methyl sites for hydroxylation is 2. The van der Waals surface area contributed by atoms with E-state index in [2.05, 4.69) is 70.9 Å². The maximum Gasteiger partial charge on any atom is 0.305 e. The standard InChI is InChI=1S/C27H32N4O2S/c1-5-20-11-13-21(14-12-20)31-18(2)17-22(19(31)3)26-25(23-9-6-7-15-28-23)29-27(34)30(26)16-8-10-24(32)33-4/h6-7,9,11-15,17,25-26H,5,8,10,16H2,1-4H3,(H,29,34)/t25-,26+/m1/s1. The number of hydrogen-bond acceptors (Lipinski definition) is 4. The number of methoxy groups -OCH3 is 1. The normalized spacial score (nSPS) is 17.6. The lowest BCUT2D eigenvalue weighted by molar-refractivity contribution is -0.140. The van der Waals surface area contributed by atoms with Gasteiger partial charge in [0.25, 0.3) is 0 Å². The van der Waals surface area contributed by atoms with Gasteiger partial charge in [0.15, 0.2) is 5.11 Å². The predicted octanol–water partition coefficient (Wildman–Crippen LogP) is 4.98. The fourth-order valence-corrected chi connectivity index (χ4v) is 5.18. The Hall–Kier alpha value is -3.19. The van der Waals surface area contributed by atoms with E-state index in [-0.39, 0.29) is 18.1 Å².